The Kier molecular flexibility index (Phi) is 7.05. The van der Waals surface area contributed by atoms with Crippen LogP contribution in [-0.4, -0.2) is 50.4 Å². The molecule has 0 aliphatic carbocycles. The van der Waals surface area contributed by atoms with Gasteiger partial charge in [-0.2, -0.15) is 0 Å². The highest BCUT2D eigenvalue weighted by Crippen LogP contribution is 2.31. The van der Waals surface area contributed by atoms with Crippen LogP contribution in [0.15, 0.2) is 5.57 Å². The third kappa shape index (κ3) is 6.35. The zero-order chi connectivity index (χ0) is 20.2. The number of thiazole rings is 1. The number of aliphatic carboxylic acids is 1. The highest BCUT2D eigenvalue weighted by molar-refractivity contribution is 7.73. The van der Waals surface area contributed by atoms with Gasteiger partial charge in [0.25, 0.3) is 0 Å². The van der Waals surface area contributed by atoms with E-state index in [0.717, 1.165) is 5.57 Å². The van der Waals surface area contributed by atoms with E-state index in [1.807, 2.05) is 26.8 Å². The van der Waals surface area contributed by atoms with Crippen molar-refractivity contribution in [2.24, 2.45) is 0 Å². The predicted molar refractivity (Wildman–Crippen MR) is 107 cm³/mol. The summed E-state index contributed by atoms with van der Waals surface area (Å²) in [5.41, 5.74) is 0.628. The van der Waals surface area contributed by atoms with Crippen molar-refractivity contribution in [3.8, 4) is 5.88 Å². The minimum absolute atomic E-state index is 0.0357. The molecule has 0 atom stereocenters. The van der Waals surface area contributed by atoms with Gasteiger partial charge in [0.1, 0.15) is 5.60 Å². The van der Waals surface area contributed by atoms with Crippen LogP contribution in [0, 0.1) is 3.95 Å². The van der Waals surface area contributed by atoms with E-state index in [4.69, 9.17) is 22.1 Å². The van der Waals surface area contributed by atoms with Crippen molar-refractivity contribution in [2.75, 3.05) is 13.1 Å². The number of carboxylic acids is 1. The number of aromatic nitrogens is 1. The molecule has 1 aliphatic rings. The highest BCUT2D eigenvalue weighted by atomic mass is 32.1. The number of aromatic hydroxyl groups is 1. The number of carbonyl (C=O) groups is 2. The molecule has 0 saturated carbocycles. The zero-order valence-electron chi connectivity index (χ0n) is 15.9. The lowest BCUT2D eigenvalue weighted by Gasteiger charge is -2.31. The lowest BCUT2D eigenvalue weighted by atomic mass is 10.0. The van der Waals surface area contributed by atoms with E-state index in [2.05, 4.69) is 0 Å². The topological polar surface area (TPSA) is 92.0 Å². The second kappa shape index (κ2) is 8.88. The molecule has 1 fully saturated rings. The van der Waals surface area contributed by atoms with Crippen molar-refractivity contribution in [3.05, 3.63) is 14.4 Å². The first-order valence-electron chi connectivity index (χ1n) is 8.88. The van der Waals surface area contributed by atoms with E-state index in [-0.39, 0.29) is 18.4 Å². The number of ether oxygens (including phenoxy) is 1. The van der Waals surface area contributed by atoms with Crippen LogP contribution in [0.2, 0.25) is 0 Å². The Morgan fingerprint density at radius 1 is 1.30 bits per heavy atom. The maximum absolute atomic E-state index is 12.1. The lowest BCUT2D eigenvalue weighted by Crippen LogP contribution is -2.40. The van der Waals surface area contributed by atoms with Crippen molar-refractivity contribution >= 4 is 41.7 Å². The number of rotatable bonds is 5. The molecule has 27 heavy (non-hydrogen) atoms. The second-order valence-corrected chi connectivity index (χ2v) is 9.15. The van der Waals surface area contributed by atoms with Crippen molar-refractivity contribution in [2.45, 2.75) is 58.6 Å². The first-order chi connectivity index (χ1) is 12.6. The standard InChI is InChI=1S/C18H26N2O5S2/c1-18(2,3)25-16(24)19-9-6-12(7-10-19)11-13-15(23)20(17(26)27-13)8-4-5-14(21)22/h11,23H,4-10H2,1-3H3,(H,21,22). The predicted octanol–water partition coefficient (Wildman–Crippen LogP) is 4.26. The van der Waals surface area contributed by atoms with Crippen molar-refractivity contribution in [1.29, 1.82) is 0 Å². The van der Waals surface area contributed by atoms with Gasteiger partial charge in [0.2, 0.25) is 5.88 Å². The van der Waals surface area contributed by atoms with Gasteiger partial charge in [-0.25, -0.2) is 4.79 Å². The summed E-state index contributed by atoms with van der Waals surface area (Å²) in [7, 11) is 0. The van der Waals surface area contributed by atoms with Gasteiger partial charge in [-0.05, 0) is 58.3 Å². The summed E-state index contributed by atoms with van der Waals surface area (Å²) in [6.07, 6.45) is 3.49. The van der Waals surface area contributed by atoms with E-state index in [9.17, 15) is 14.7 Å². The quantitative estimate of drug-likeness (QED) is 0.699. The molecule has 9 heteroatoms. The maximum Gasteiger partial charge on any atom is 0.410 e. The van der Waals surface area contributed by atoms with Gasteiger partial charge in [0.05, 0.1) is 4.88 Å². The summed E-state index contributed by atoms with van der Waals surface area (Å²) in [6, 6.07) is 0. The fourth-order valence-corrected chi connectivity index (χ4v) is 4.08. The van der Waals surface area contributed by atoms with Gasteiger partial charge in [-0.15, -0.1) is 11.3 Å². The van der Waals surface area contributed by atoms with Gasteiger partial charge < -0.3 is 19.8 Å². The average molecular weight is 415 g/mol. The molecular formula is C18H26N2O5S2. The van der Waals surface area contributed by atoms with Gasteiger partial charge in [0.15, 0.2) is 3.95 Å². The summed E-state index contributed by atoms with van der Waals surface area (Å²) in [5, 5.41) is 19.1. The molecule has 0 spiro atoms. The smallest absolute Gasteiger partial charge is 0.410 e. The third-order valence-corrected chi connectivity index (χ3v) is 5.44. The van der Waals surface area contributed by atoms with Crippen LogP contribution in [0.4, 0.5) is 4.79 Å². The number of amides is 1. The summed E-state index contributed by atoms with van der Waals surface area (Å²) in [6.45, 7) is 7.06. The molecule has 2 N–H and O–H groups in total. The SMILES string of the molecule is CC(C)(C)OC(=O)N1CCC(=Cc2sc(=S)n(CCCC(=O)O)c2O)CC1. The molecule has 150 valence electrons. The number of piperidine rings is 1. The molecule has 0 radical (unpaired) electrons. The van der Waals surface area contributed by atoms with E-state index >= 15 is 0 Å². The Bertz CT molecular complexity index is 779. The molecule has 7 nitrogen and oxygen atoms in total. The largest absolute Gasteiger partial charge is 0.493 e. The molecular weight excluding hydrogens is 388 g/mol. The maximum atomic E-state index is 12.1. The van der Waals surface area contributed by atoms with Crippen molar-refractivity contribution in [1.82, 2.24) is 9.47 Å². The molecule has 1 amide bonds. The lowest BCUT2D eigenvalue weighted by molar-refractivity contribution is -0.137. The normalized spacial score (nSPS) is 14.9. The third-order valence-electron chi connectivity index (χ3n) is 4.06. The molecule has 0 unspecified atom stereocenters. The molecule has 2 rings (SSSR count). The molecule has 1 aliphatic heterocycles. The van der Waals surface area contributed by atoms with Crippen LogP contribution < -0.4 is 0 Å². The van der Waals surface area contributed by atoms with Crippen LogP contribution in [0.25, 0.3) is 6.08 Å². The summed E-state index contributed by atoms with van der Waals surface area (Å²) >= 11 is 6.59. The molecule has 0 aromatic carbocycles. The van der Waals surface area contributed by atoms with Crippen LogP contribution in [-0.2, 0) is 16.1 Å². The van der Waals surface area contributed by atoms with Gasteiger partial charge in [-0.1, -0.05) is 5.57 Å². The van der Waals surface area contributed by atoms with E-state index in [1.165, 1.54) is 11.3 Å². The van der Waals surface area contributed by atoms with Crippen LogP contribution >= 0.6 is 23.6 Å². The molecule has 1 aromatic rings. The van der Waals surface area contributed by atoms with Crippen LogP contribution in [0.3, 0.4) is 0 Å². The average Bonchev–Trinajstić information content (AvgIpc) is 2.81. The summed E-state index contributed by atoms with van der Waals surface area (Å²) < 4.78 is 7.49. The first kappa shape index (κ1) is 21.4. The highest BCUT2D eigenvalue weighted by Gasteiger charge is 2.25. The molecule has 0 bridgehead atoms. The zero-order valence-corrected chi connectivity index (χ0v) is 17.5. The summed E-state index contributed by atoms with van der Waals surface area (Å²) in [4.78, 5) is 25.1. The Hall–Kier alpha value is -1.87. The number of carboxylic acid groups (broad SMARTS) is 1. The van der Waals surface area contributed by atoms with E-state index < -0.39 is 11.6 Å². The number of carbonyl (C=O) groups excluding carboxylic acids is 1. The Morgan fingerprint density at radius 2 is 1.93 bits per heavy atom. The van der Waals surface area contributed by atoms with Crippen molar-refractivity contribution in [3.63, 3.8) is 0 Å². The van der Waals surface area contributed by atoms with Crippen LogP contribution in [0.5, 0.6) is 5.88 Å². The second-order valence-electron chi connectivity index (χ2n) is 7.47. The van der Waals surface area contributed by atoms with Gasteiger partial charge in [-0.3, -0.25) is 9.36 Å². The number of hydrogen-bond donors (Lipinski definition) is 2. The molecule has 2 heterocycles. The van der Waals surface area contributed by atoms with Gasteiger partial charge >= 0.3 is 12.1 Å². The Labute approximate surface area is 167 Å². The monoisotopic (exact) mass is 414 g/mol. The fourth-order valence-electron chi connectivity index (χ4n) is 2.73. The Balaban J connectivity index is 1.99. The Morgan fingerprint density at radius 3 is 2.48 bits per heavy atom. The van der Waals surface area contributed by atoms with Crippen LogP contribution in [0.1, 0.15) is 51.3 Å². The van der Waals surface area contributed by atoms with E-state index in [0.29, 0.717) is 47.7 Å². The minimum Gasteiger partial charge on any atom is -0.493 e. The minimum atomic E-state index is -0.865. The molecule has 1 aromatic heterocycles. The number of nitrogens with zero attached hydrogens (tertiary/aromatic N) is 2. The molecule has 1 saturated heterocycles. The van der Waals surface area contributed by atoms with E-state index in [1.54, 1.807) is 9.47 Å². The summed E-state index contributed by atoms with van der Waals surface area (Å²) in [5.74, 6) is -0.784. The van der Waals surface area contributed by atoms with Gasteiger partial charge in [0, 0.05) is 26.1 Å². The van der Waals surface area contributed by atoms with Crippen molar-refractivity contribution < 1.29 is 24.5 Å². The number of hydrogen-bond acceptors (Lipinski definition) is 6. The number of likely N-dealkylation sites (tertiary alicyclic amines) is 1. The fraction of sp³-hybridized carbons (Fsp3) is 0.611. The first-order valence-corrected chi connectivity index (χ1v) is 10.1.